The van der Waals surface area contributed by atoms with Crippen LogP contribution in [0.5, 0.6) is 0 Å². The van der Waals surface area contributed by atoms with E-state index in [-0.39, 0.29) is 18.0 Å². The summed E-state index contributed by atoms with van der Waals surface area (Å²) in [4.78, 5) is 14.1. The minimum absolute atomic E-state index is 0.0755. The average molecular weight is 309 g/mol. The number of esters is 1. The Bertz CT molecular complexity index is 368. The van der Waals surface area contributed by atoms with Crippen LogP contribution in [0.2, 0.25) is 0 Å². The van der Waals surface area contributed by atoms with Gasteiger partial charge in [0.15, 0.2) is 0 Å². The predicted octanol–water partition coefficient (Wildman–Crippen LogP) is 2.86. The second kappa shape index (κ2) is 11.5. The first-order chi connectivity index (χ1) is 10.7. The van der Waals surface area contributed by atoms with Gasteiger partial charge in [-0.3, -0.25) is 9.69 Å². The summed E-state index contributed by atoms with van der Waals surface area (Å²) in [6, 6.07) is 0. The van der Waals surface area contributed by atoms with Crippen molar-refractivity contribution in [3.8, 4) is 11.8 Å². The molecule has 0 amide bonds. The van der Waals surface area contributed by atoms with Crippen molar-refractivity contribution >= 4 is 5.97 Å². The molecule has 4 nitrogen and oxygen atoms in total. The zero-order chi connectivity index (χ0) is 16.2. The van der Waals surface area contributed by atoms with Crippen molar-refractivity contribution in [3.05, 3.63) is 0 Å². The topological polar surface area (TPSA) is 38.8 Å². The molecule has 22 heavy (non-hydrogen) atoms. The number of carbonyl (C=O) groups is 1. The summed E-state index contributed by atoms with van der Waals surface area (Å²) in [6.07, 6.45) is 4.73. The summed E-state index contributed by atoms with van der Waals surface area (Å²) in [6.45, 7) is 10.5. The summed E-state index contributed by atoms with van der Waals surface area (Å²) in [5.74, 6) is 6.09. The molecule has 0 aromatic heterocycles. The fraction of sp³-hybridized carbons (Fsp3) is 0.833. The van der Waals surface area contributed by atoms with Crippen LogP contribution in [0.15, 0.2) is 0 Å². The summed E-state index contributed by atoms with van der Waals surface area (Å²) in [5.41, 5.74) is 0. The normalized spacial score (nSPS) is 20.8. The van der Waals surface area contributed by atoms with Gasteiger partial charge in [0.1, 0.15) is 6.10 Å². The predicted molar refractivity (Wildman–Crippen MR) is 88.5 cm³/mol. The Kier molecular flexibility index (Phi) is 9.94. The summed E-state index contributed by atoms with van der Waals surface area (Å²) in [7, 11) is 0. The molecule has 1 fully saturated rings. The fourth-order valence-electron chi connectivity index (χ4n) is 2.47. The minimum atomic E-state index is -0.112. The van der Waals surface area contributed by atoms with Crippen LogP contribution in [0.3, 0.4) is 0 Å². The smallest absolute Gasteiger partial charge is 0.310 e. The number of hydrogen-bond acceptors (Lipinski definition) is 4. The van der Waals surface area contributed by atoms with E-state index in [9.17, 15) is 4.79 Å². The average Bonchev–Trinajstić information content (AvgIpc) is 2.87. The second-order valence-corrected chi connectivity index (χ2v) is 5.79. The molecule has 0 bridgehead atoms. The van der Waals surface area contributed by atoms with Crippen LogP contribution in [0, 0.1) is 17.8 Å². The molecule has 0 aromatic carbocycles. The molecule has 1 aliphatic rings. The summed E-state index contributed by atoms with van der Waals surface area (Å²) >= 11 is 0. The van der Waals surface area contributed by atoms with E-state index in [1.165, 1.54) is 12.8 Å². The van der Waals surface area contributed by atoms with Gasteiger partial charge in [-0.15, -0.1) is 5.92 Å². The molecule has 0 spiro atoms. The van der Waals surface area contributed by atoms with Crippen LogP contribution in [0.4, 0.5) is 0 Å². The maximum Gasteiger partial charge on any atom is 0.310 e. The lowest BCUT2D eigenvalue weighted by molar-refractivity contribution is -0.146. The van der Waals surface area contributed by atoms with Gasteiger partial charge in [-0.1, -0.05) is 39.5 Å². The molecule has 0 radical (unpaired) electrons. The first kappa shape index (κ1) is 19.0. The van der Waals surface area contributed by atoms with Crippen molar-refractivity contribution in [1.82, 2.24) is 4.90 Å². The lowest BCUT2D eigenvalue weighted by atomic mass is 10.0. The van der Waals surface area contributed by atoms with Crippen LogP contribution in [0.1, 0.15) is 52.9 Å². The molecule has 1 saturated heterocycles. The third-order valence-corrected chi connectivity index (χ3v) is 4.03. The number of unbranched alkanes of at least 4 members (excludes halogenated alkanes) is 2. The molecular formula is C18H31NO3. The Balaban J connectivity index is 2.21. The van der Waals surface area contributed by atoms with Crippen molar-refractivity contribution in [1.29, 1.82) is 0 Å². The van der Waals surface area contributed by atoms with Gasteiger partial charge in [0, 0.05) is 19.4 Å². The van der Waals surface area contributed by atoms with Crippen LogP contribution in [-0.4, -0.2) is 49.8 Å². The van der Waals surface area contributed by atoms with Crippen LogP contribution >= 0.6 is 0 Å². The highest BCUT2D eigenvalue weighted by Gasteiger charge is 2.33. The molecular weight excluding hydrogens is 278 g/mol. The maximum absolute atomic E-state index is 11.8. The summed E-state index contributed by atoms with van der Waals surface area (Å²) in [5, 5.41) is 0. The van der Waals surface area contributed by atoms with Crippen molar-refractivity contribution in [2.75, 3.05) is 32.8 Å². The molecule has 0 aliphatic carbocycles. The number of cyclic esters (lactones) is 1. The molecule has 4 heteroatoms. The highest BCUT2D eigenvalue weighted by atomic mass is 16.6. The Morgan fingerprint density at radius 2 is 2.00 bits per heavy atom. The van der Waals surface area contributed by atoms with E-state index in [0.29, 0.717) is 13.0 Å². The SMILES string of the molecule is CCCCCOCC1CC(CC#CCN(CC)CC)C(=O)O1. The van der Waals surface area contributed by atoms with E-state index in [2.05, 4.69) is 37.5 Å². The highest BCUT2D eigenvalue weighted by molar-refractivity contribution is 5.75. The second-order valence-electron chi connectivity index (χ2n) is 5.79. The van der Waals surface area contributed by atoms with Crippen molar-refractivity contribution in [3.63, 3.8) is 0 Å². The van der Waals surface area contributed by atoms with E-state index in [0.717, 1.165) is 39.1 Å². The molecule has 126 valence electrons. The van der Waals surface area contributed by atoms with Gasteiger partial charge < -0.3 is 9.47 Å². The Hall–Kier alpha value is -1.05. The van der Waals surface area contributed by atoms with Crippen LogP contribution in [-0.2, 0) is 14.3 Å². The first-order valence-electron chi connectivity index (χ1n) is 8.67. The third kappa shape index (κ3) is 7.29. The van der Waals surface area contributed by atoms with Crippen LogP contribution < -0.4 is 0 Å². The van der Waals surface area contributed by atoms with Crippen molar-refractivity contribution in [2.24, 2.45) is 5.92 Å². The van der Waals surface area contributed by atoms with Gasteiger partial charge in [-0.25, -0.2) is 0 Å². The Morgan fingerprint density at radius 1 is 1.23 bits per heavy atom. The minimum Gasteiger partial charge on any atom is -0.460 e. The molecule has 2 unspecified atom stereocenters. The largest absolute Gasteiger partial charge is 0.460 e. The van der Waals surface area contributed by atoms with E-state index < -0.39 is 0 Å². The number of ether oxygens (including phenoxy) is 2. The van der Waals surface area contributed by atoms with Gasteiger partial charge in [-0.05, 0) is 19.5 Å². The quantitative estimate of drug-likeness (QED) is 0.353. The van der Waals surface area contributed by atoms with Gasteiger partial charge in [0.05, 0.1) is 19.1 Å². The zero-order valence-electron chi connectivity index (χ0n) is 14.4. The molecule has 2 atom stereocenters. The molecule has 0 N–H and O–H groups in total. The molecule has 1 aliphatic heterocycles. The lowest BCUT2D eigenvalue weighted by Gasteiger charge is -2.13. The third-order valence-electron chi connectivity index (χ3n) is 4.03. The van der Waals surface area contributed by atoms with Gasteiger partial charge >= 0.3 is 5.97 Å². The van der Waals surface area contributed by atoms with Crippen LogP contribution in [0.25, 0.3) is 0 Å². The summed E-state index contributed by atoms with van der Waals surface area (Å²) < 4.78 is 10.9. The lowest BCUT2D eigenvalue weighted by Crippen LogP contribution is -2.22. The number of rotatable bonds is 10. The Labute approximate surface area is 135 Å². The molecule has 1 rings (SSSR count). The number of carbonyl (C=O) groups excluding carboxylic acids is 1. The highest BCUT2D eigenvalue weighted by Crippen LogP contribution is 2.24. The monoisotopic (exact) mass is 309 g/mol. The van der Waals surface area contributed by atoms with Gasteiger partial charge in [0.2, 0.25) is 0 Å². The number of hydrogen-bond donors (Lipinski definition) is 0. The van der Waals surface area contributed by atoms with Crippen molar-refractivity contribution < 1.29 is 14.3 Å². The first-order valence-corrected chi connectivity index (χ1v) is 8.67. The van der Waals surface area contributed by atoms with Gasteiger partial charge in [0.25, 0.3) is 0 Å². The Morgan fingerprint density at radius 3 is 2.68 bits per heavy atom. The maximum atomic E-state index is 11.8. The van der Waals surface area contributed by atoms with Crippen molar-refractivity contribution in [2.45, 2.75) is 59.0 Å². The zero-order valence-corrected chi connectivity index (χ0v) is 14.4. The van der Waals surface area contributed by atoms with Gasteiger partial charge in [-0.2, -0.15) is 0 Å². The van der Waals surface area contributed by atoms with E-state index in [1.54, 1.807) is 0 Å². The molecule has 1 heterocycles. The standard InChI is InChI=1S/C18H31NO3/c1-4-7-10-13-21-15-17-14-16(18(20)22-17)11-8-9-12-19(5-2)6-3/h16-17H,4-7,10-15H2,1-3H3. The van der Waals surface area contributed by atoms with E-state index in [1.807, 2.05) is 0 Å². The molecule has 0 aromatic rings. The van der Waals surface area contributed by atoms with E-state index in [4.69, 9.17) is 9.47 Å². The molecule has 0 saturated carbocycles. The fourth-order valence-corrected chi connectivity index (χ4v) is 2.47. The van der Waals surface area contributed by atoms with E-state index >= 15 is 0 Å². The number of nitrogens with zero attached hydrogens (tertiary/aromatic N) is 1.